The second-order valence-electron chi connectivity index (χ2n) is 6.89. The van der Waals surface area contributed by atoms with Crippen LogP contribution < -0.4 is 0 Å². The normalized spacial score (nSPS) is 22.4. The summed E-state index contributed by atoms with van der Waals surface area (Å²) in [6, 6.07) is 7.10. The first-order valence-corrected chi connectivity index (χ1v) is 12.7. The van der Waals surface area contributed by atoms with Crippen LogP contribution in [0.1, 0.15) is 0 Å². The number of sulfonamides is 1. The van der Waals surface area contributed by atoms with Gasteiger partial charge in [-0.25, -0.2) is 21.7 Å². The number of halogens is 3. The van der Waals surface area contributed by atoms with Crippen LogP contribution in [-0.2, 0) is 19.9 Å². The van der Waals surface area contributed by atoms with E-state index in [4.69, 9.17) is 41.4 Å². The first-order chi connectivity index (χ1) is 14.4. The van der Waals surface area contributed by atoms with Crippen molar-refractivity contribution in [1.82, 2.24) is 4.31 Å². The largest absolute Gasteiger partial charge is 0.393 e. The second kappa shape index (κ2) is 8.50. The molecule has 0 spiro atoms. The molecule has 1 saturated heterocycles. The minimum Gasteiger partial charge on any atom is -0.393 e. The fraction of sp³-hybridized carbons (Fsp3) is 0.278. The average Bonchev–Trinajstić information content (AvgIpc) is 3.08. The third-order valence-corrected chi connectivity index (χ3v) is 10.0. The van der Waals surface area contributed by atoms with Crippen LogP contribution in [-0.4, -0.2) is 61.9 Å². The van der Waals surface area contributed by atoms with E-state index in [1.165, 1.54) is 24.3 Å². The molecule has 3 rings (SSSR count). The Labute approximate surface area is 194 Å². The zero-order valence-electron chi connectivity index (χ0n) is 15.5. The van der Waals surface area contributed by atoms with Gasteiger partial charge in [-0.15, -0.1) is 0 Å². The molecule has 2 N–H and O–H groups in total. The molecule has 0 unspecified atom stereocenters. The number of nitrogens with zero attached hydrogens (tertiary/aromatic N) is 2. The number of benzene rings is 2. The molecule has 8 nitrogen and oxygen atoms in total. The molecule has 1 fully saturated rings. The lowest BCUT2D eigenvalue weighted by Crippen LogP contribution is -2.49. The van der Waals surface area contributed by atoms with E-state index in [2.05, 4.69) is 4.85 Å². The molecule has 31 heavy (non-hydrogen) atoms. The maximum Gasteiger partial charge on any atom is 0.244 e. The molecule has 1 heterocycles. The summed E-state index contributed by atoms with van der Waals surface area (Å²) in [5.41, 5.74) is -2.41. The van der Waals surface area contributed by atoms with Crippen LogP contribution in [0.25, 0.3) is 4.85 Å². The molecule has 0 saturated carbocycles. The zero-order chi connectivity index (χ0) is 23.2. The van der Waals surface area contributed by atoms with Gasteiger partial charge in [-0.1, -0.05) is 40.9 Å². The molecule has 0 aromatic heterocycles. The summed E-state index contributed by atoms with van der Waals surface area (Å²) in [7, 11) is -8.70. The van der Waals surface area contributed by atoms with Crippen LogP contribution in [0.2, 0.25) is 15.1 Å². The highest BCUT2D eigenvalue weighted by atomic mass is 35.5. The van der Waals surface area contributed by atoms with Gasteiger partial charge in [0.05, 0.1) is 23.1 Å². The Morgan fingerprint density at radius 3 is 2.35 bits per heavy atom. The molecule has 0 amide bonds. The van der Waals surface area contributed by atoms with Gasteiger partial charge in [0.25, 0.3) is 0 Å². The Kier molecular flexibility index (Phi) is 6.64. The molecule has 1 aliphatic heterocycles. The Morgan fingerprint density at radius 1 is 1.10 bits per heavy atom. The summed E-state index contributed by atoms with van der Waals surface area (Å²) in [4.78, 5) is 2.50. The number of hydrogen-bond donors (Lipinski definition) is 2. The maximum absolute atomic E-state index is 13.2. The van der Waals surface area contributed by atoms with E-state index in [0.717, 1.165) is 16.4 Å². The van der Waals surface area contributed by atoms with E-state index in [9.17, 15) is 27.0 Å². The third kappa shape index (κ3) is 4.29. The van der Waals surface area contributed by atoms with Crippen molar-refractivity contribution in [2.45, 2.75) is 20.6 Å². The maximum atomic E-state index is 13.2. The summed E-state index contributed by atoms with van der Waals surface area (Å²) >= 11 is 17.7. The molecule has 2 aromatic carbocycles. The van der Waals surface area contributed by atoms with Gasteiger partial charge in [0.1, 0.15) is 15.7 Å². The predicted octanol–water partition coefficient (Wildman–Crippen LogP) is 2.77. The van der Waals surface area contributed by atoms with Crippen molar-refractivity contribution in [3.63, 3.8) is 0 Å². The molecular weight excluding hydrogens is 511 g/mol. The summed E-state index contributed by atoms with van der Waals surface area (Å²) < 4.78 is 53.4. The van der Waals surface area contributed by atoms with Crippen molar-refractivity contribution < 1.29 is 27.0 Å². The van der Waals surface area contributed by atoms with E-state index in [1.807, 2.05) is 0 Å². The Hall–Kier alpha value is -1.42. The molecule has 0 radical (unpaired) electrons. The predicted molar refractivity (Wildman–Crippen MR) is 116 cm³/mol. The topological polar surface area (TPSA) is 116 Å². The number of rotatable bonds is 5. The van der Waals surface area contributed by atoms with Gasteiger partial charge in [0.15, 0.2) is 9.84 Å². The number of aliphatic hydroxyl groups excluding tert-OH is 1. The first kappa shape index (κ1) is 24.2. The highest BCUT2D eigenvalue weighted by Crippen LogP contribution is 2.38. The standard InChI is InChI=1S/C18H15Cl3N2O6S2/c1-22-15-7-12(3-4-13(15)20)30(26,27)17-8-23(9-18(17,25)10-24)31(28,29)16-5-2-11(19)6-14(16)21/h2-7,17,24-25H,8-10H2/t17-,18+/m0/s1. The Bertz CT molecular complexity index is 1290. The van der Waals surface area contributed by atoms with E-state index in [0.29, 0.717) is 0 Å². The van der Waals surface area contributed by atoms with Crippen LogP contribution in [0, 0.1) is 6.57 Å². The van der Waals surface area contributed by atoms with Gasteiger partial charge in [0.2, 0.25) is 15.7 Å². The molecule has 166 valence electrons. The molecule has 0 bridgehead atoms. The number of β-amino-alcohol motifs (C(OH)–C–C–N with tert-alkyl or cyclic N) is 1. The zero-order valence-corrected chi connectivity index (χ0v) is 19.4. The number of hydrogen-bond acceptors (Lipinski definition) is 6. The molecule has 2 aromatic rings. The molecule has 2 atom stereocenters. The molecule has 1 aliphatic rings. The molecule has 0 aliphatic carbocycles. The fourth-order valence-electron chi connectivity index (χ4n) is 3.29. The number of sulfone groups is 1. The minimum atomic E-state index is -4.37. The Balaban J connectivity index is 2.06. The van der Waals surface area contributed by atoms with Gasteiger partial charge in [-0.05, 0) is 30.3 Å². The van der Waals surface area contributed by atoms with Crippen molar-refractivity contribution in [2.75, 3.05) is 19.7 Å². The van der Waals surface area contributed by atoms with Crippen LogP contribution in [0.15, 0.2) is 46.2 Å². The highest BCUT2D eigenvalue weighted by Gasteiger charge is 2.55. The van der Waals surface area contributed by atoms with Crippen LogP contribution >= 0.6 is 34.8 Å². The first-order valence-electron chi connectivity index (χ1n) is 8.56. The fourth-order valence-corrected chi connectivity index (χ4v) is 7.77. The lowest BCUT2D eigenvalue weighted by atomic mass is 10.1. The van der Waals surface area contributed by atoms with E-state index in [1.54, 1.807) is 0 Å². The summed E-state index contributed by atoms with van der Waals surface area (Å²) in [6.07, 6.45) is 0. The molecule has 13 heteroatoms. The van der Waals surface area contributed by atoms with Crippen molar-refractivity contribution in [3.8, 4) is 0 Å². The van der Waals surface area contributed by atoms with Crippen molar-refractivity contribution in [3.05, 3.63) is 62.9 Å². The number of aliphatic hydroxyl groups is 2. The lowest BCUT2D eigenvalue weighted by Gasteiger charge is -2.26. The van der Waals surface area contributed by atoms with Gasteiger partial charge in [-0.3, -0.25) is 0 Å². The minimum absolute atomic E-state index is 0.0411. The van der Waals surface area contributed by atoms with Gasteiger partial charge in [-0.2, -0.15) is 4.31 Å². The van der Waals surface area contributed by atoms with Crippen molar-refractivity contribution in [1.29, 1.82) is 0 Å². The Morgan fingerprint density at radius 2 is 1.77 bits per heavy atom. The molecular formula is C18H15Cl3N2O6S2. The van der Waals surface area contributed by atoms with Gasteiger partial charge >= 0.3 is 0 Å². The van der Waals surface area contributed by atoms with E-state index in [-0.39, 0.29) is 30.5 Å². The van der Waals surface area contributed by atoms with E-state index < -0.39 is 50.4 Å². The van der Waals surface area contributed by atoms with Gasteiger partial charge in [0, 0.05) is 23.1 Å². The SMILES string of the molecule is [C-]#[N+]c1cc(S(=O)(=O)[C@H]2CN(S(=O)(=O)c3ccc(Cl)cc3Cl)C[C@@]2(O)CO)ccc1Cl. The van der Waals surface area contributed by atoms with Crippen LogP contribution in [0.5, 0.6) is 0 Å². The highest BCUT2D eigenvalue weighted by molar-refractivity contribution is 7.92. The quantitative estimate of drug-likeness (QED) is 0.580. The smallest absolute Gasteiger partial charge is 0.244 e. The summed E-state index contributed by atoms with van der Waals surface area (Å²) in [6.45, 7) is 4.76. The van der Waals surface area contributed by atoms with Crippen molar-refractivity contribution >= 4 is 60.4 Å². The summed E-state index contributed by atoms with van der Waals surface area (Å²) in [5, 5.41) is 19.0. The third-order valence-electron chi connectivity index (χ3n) is 4.95. The summed E-state index contributed by atoms with van der Waals surface area (Å²) in [5.74, 6) is 0. The van der Waals surface area contributed by atoms with Crippen molar-refractivity contribution in [2.24, 2.45) is 0 Å². The average molecular weight is 526 g/mol. The van der Waals surface area contributed by atoms with E-state index >= 15 is 0 Å². The monoisotopic (exact) mass is 524 g/mol. The van der Waals surface area contributed by atoms with Gasteiger partial charge < -0.3 is 10.2 Å². The lowest BCUT2D eigenvalue weighted by molar-refractivity contribution is 0.00160. The van der Waals surface area contributed by atoms with Crippen LogP contribution in [0.3, 0.4) is 0 Å². The second-order valence-corrected chi connectivity index (χ2v) is 12.2. The van der Waals surface area contributed by atoms with Crippen LogP contribution in [0.4, 0.5) is 5.69 Å².